The molecule has 0 aromatic heterocycles. The van der Waals surface area contributed by atoms with Gasteiger partial charge in [0.2, 0.25) is 0 Å². The molecule has 0 aliphatic heterocycles. The number of halogens is 2. The van der Waals surface area contributed by atoms with E-state index >= 15 is 0 Å². The summed E-state index contributed by atoms with van der Waals surface area (Å²) >= 11 is 0. The van der Waals surface area contributed by atoms with Crippen LogP contribution in [0.3, 0.4) is 0 Å². The van der Waals surface area contributed by atoms with Gasteiger partial charge in [0, 0.05) is 0 Å². The Kier molecular flexibility index (Phi) is 5.56. The van der Waals surface area contributed by atoms with Crippen LogP contribution in [0.2, 0.25) is 0 Å². The minimum absolute atomic E-state index is 0.428. The van der Waals surface area contributed by atoms with Gasteiger partial charge in [-0.1, -0.05) is 45.0 Å². The Balaban J connectivity index is 2.80. The standard InChI is InChI=1S/C14H21F2N/c1-4-9-17-13(14(15)16)12-7-5-11(6-8-12)10(2)3/h5-8,10,13-14,17H,4,9H2,1-3H3. The Labute approximate surface area is 102 Å². The highest BCUT2D eigenvalue weighted by Crippen LogP contribution is 2.23. The highest BCUT2D eigenvalue weighted by Gasteiger charge is 2.21. The molecule has 1 N–H and O–H groups in total. The largest absolute Gasteiger partial charge is 0.305 e. The van der Waals surface area contributed by atoms with Crippen molar-refractivity contribution in [1.29, 1.82) is 0 Å². The zero-order chi connectivity index (χ0) is 12.8. The van der Waals surface area contributed by atoms with Gasteiger partial charge in [-0.25, -0.2) is 8.78 Å². The number of rotatable bonds is 6. The first-order chi connectivity index (χ1) is 8.06. The highest BCUT2D eigenvalue weighted by atomic mass is 19.3. The number of nitrogens with one attached hydrogen (secondary N) is 1. The van der Waals surface area contributed by atoms with Crippen molar-refractivity contribution in [3.8, 4) is 0 Å². The maximum absolute atomic E-state index is 12.9. The van der Waals surface area contributed by atoms with E-state index < -0.39 is 12.5 Å². The van der Waals surface area contributed by atoms with E-state index in [0.29, 0.717) is 18.0 Å². The molecule has 17 heavy (non-hydrogen) atoms. The fraction of sp³-hybridized carbons (Fsp3) is 0.571. The van der Waals surface area contributed by atoms with E-state index in [1.807, 2.05) is 19.1 Å². The van der Waals surface area contributed by atoms with Gasteiger partial charge in [-0.05, 0) is 30.0 Å². The van der Waals surface area contributed by atoms with Crippen molar-refractivity contribution in [2.24, 2.45) is 0 Å². The van der Waals surface area contributed by atoms with Gasteiger partial charge in [0.15, 0.2) is 0 Å². The van der Waals surface area contributed by atoms with Gasteiger partial charge in [0.25, 0.3) is 6.43 Å². The fourth-order valence-electron chi connectivity index (χ4n) is 1.74. The smallest absolute Gasteiger partial charge is 0.257 e. The fourth-order valence-corrected chi connectivity index (χ4v) is 1.74. The van der Waals surface area contributed by atoms with Crippen molar-refractivity contribution >= 4 is 0 Å². The molecule has 0 spiro atoms. The Morgan fingerprint density at radius 3 is 2.00 bits per heavy atom. The van der Waals surface area contributed by atoms with Gasteiger partial charge in [-0.15, -0.1) is 0 Å². The van der Waals surface area contributed by atoms with Crippen LogP contribution in [0.4, 0.5) is 8.78 Å². The maximum atomic E-state index is 12.9. The molecule has 1 atom stereocenters. The molecular formula is C14H21F2N. The van der Waals surface area contributed by atoms with Gasteiger partial charge in [-0.3, -0.25) is 0 Å². The van der Waals surface area contributed by atoms with Crippen molar-refractivity contribution in [3.05, 3.63) is 35.4 Å². The number of alkyl halides is 2. The van der Waals surface area contributed by atoms with Crippen molar-refractivity contribution in [1.82, 2.24) is 5.32 Å². The Bertz CT molecular complexity index is 319. The molecule has 1 nitrogen and oxygen atoms in total. The van der Waals surface area contributed by atoms with E-state index in [4.69, 9.17) is 0 Å². The Morgan fingerprint density at radius 2 is 1.59 bits per heavy atom. The minimum Gasteiger partial charge on any atom is -0.305 e. The monoisotopic (exact) mass is 241 g/mol. The van der Waals surface area contributed by atoms with Crippen LogP contribution >= 0.6 is 0 Å². The van der Waals surface area contributed by atoms with Gasteiger partial charge < -0.3 is 5.32 Å². The average Bonchev–Trinajstić information content (AvgIpc) is 2.29. The minimum atomic E-state index is -2.37. The van der Waals surface area contributed by atoms with Gasteiger partial charge in [0.05, 0.1) is 6.04 Å². The Hall–Kier alpha value is -0.960. The molecule has 1 aromatic rings. The molecule has 0 saturated carbocycles. The number of hydrogen-bond acceptors (Lipinski definition) is 1. The zero-order valence-electron chi connectivity index (χ0n) is 10.7. The summed E-state index contributed by atoms with van der Waals surface area (Å²) in [5, 5.41) is 2.88. The van der Waals surface area contributed by atoms with Gasteiger partial charge in [0.1, 0.15) is 0 Å². The summed E-state index contributed by atoms with van der Waals surface area (Å²) in [6.07, 6.45) is -1.51. The van der Waals surface area contributed by atoms with E-state index in [-0.39, 0.29) is 0 Å². The summed E-state index contributed by atoms with van der Waals surface area (Å²) in [4.78, 5) is 0. The number of benzene rings is 1. The van der Waals surface area contributed by atoms with E-state index in [9.17, 15) is 8.78 Å². The zero-order valence-corrected chi connectivity index (χ0v) is 10.7. The lowest BCUT2D eigenvalue weighted by Crippen LogP contribution is -2.27. The van der Waals surface area contributed by atoms with Crippen LogP contribution < -0.4 is 5.32 Å². The molecule has 1 unspecified atom stereocenters. The first-order valence-corrected chi connectivity index (χ1v) is 6.17. The summed E-state index contributed by atoms with van der Waals surface area (Å²) in [6, 6.07) is 6.62. The second-order valence-electron chi connectivity index (χ2n) is 4.59. The molecule has 0 fully saturated rings. The van der Waals surface area contributed by atoms with Crippen molar-refractivity contribution in [3.63, 3.8) is 0 Å². The molecule has 0 aliphatic carbocycles. The molecule has 0 radical (unpaired) electrons. The van der Waals surface area contributed by atoms with Crippen molar-refractivity contribution in [2.45, 2.75) is 45.6 Å². The SMILES string of the molecule is CCCNC(c1ccc(C(C)C)cc1)C(F)F. The van der Waals surface area contributed by atoms with E-state index in [0.717, 1.165) is 6.42 Å². The van der Waals surface area contributed by atoms with Crippen molar-refractivity contribution in [2.75, 3.05) is 6.54 Å². The van der Waals surface area contributed by atoms with Crippen LogP contribution in [0.25, 0.3) is 0 Å². The summed E-state index contributed by atoms with van der Waals surface area (Å²) in [6.45, 7) is 6.77. The molecular weight excluding hydrogens is 220 g/mol. The first kappa shape index (κ1) is 14.1. The molecule has 0 amide bonds. The van der Waals surface area contributed by atoms with Crippen LogP contribution in [0.15, 0.2) is 24.3 Å². The molecule has 0 heterocycles. The number of hydrogen-bond donors (Lipinski definition) is 1. The van der Waals surface area contributed by atoms with Crippen LogP contribution in [-0.2, 0) is 0 Å². The third kappa shape index (κ3) is 4.08. The van der Waals surface area contributed by atoms with E-state index in [1.54, 1.807) is 12.1 Å². The van der Waals surface area contributed by atoms with Crippen LogP contribution in [-0.4, -0.2) is 13.0 Å². The molecule has 3 heteroatoms. The van der Waals surface area contributed by atoms with Crippen LogP contribution in [0, 0.1) is 0 Å². The summed E-state index contributed by atoms with van der Waals surface area (Å²) < 4.78 is 25.8. The highest BCUT2D eigenvalue weighted by molar-refractivity contribution is 5.27. The van der Waals surface area contributed by atoms with E-state index in [1.165, 1.54) is 5.56 Å². The summed E-state index contributed by atoms with van der Waals surface area (Å²) in [7, 11) is 0. The quantitative estimate of drug-likeness (QED) is 0.790. The first-order valence-electron chi connectivity index (χ1n) is 6.17. The third-order valence-corrected chi connectivity index (χ3v) is 2.83. The Morgan fingerprint density at radius 1 is 1.06 bits per heavy atom. The molecule has 96 valence electrons. The second-order valence-corrected chi connectivity index (χ2v) is 4.59. The molecule has 1 aromatic carbocycles. The van der Waals surface area contributed by atoms with Gasteiger partial charge in [-0.2, -0.15) is 0 Å². The predicted octanol–water partition coefficient (Wildman–Crippen LogP) is 4.12. The van der Waals surface area contributed by atoms with Crippen LogP contribution in [0.1, 0.15) is 50.3 Å². The van der Waals surface area contributed by atoms with Gasteiger partial charge >= 0.3 is 0 Å². The lowest BCUT2D eigenvalue weighted by Gasteiger charge is -2.18. The maximum Gasteiger partial charge on any atom is 0.257 e. The molecule has 0 aliphatic rings. The van der Waals surface area contributed by atoms with Crippen LogP contribution in [0.5, 0.6) is 0 Å². The van der Waals surface area contributed by atoms with Crippen molar-refractivity contribution < 1.29 is 8.78 Å². The molecule has 1 rings (SSSR count). The topological polar surface area (TPSA) is 12.0 Å². The normalized spacial score (nSPS) is 13.4. The summed E-state index contributed by atoms with van der Waals surface area (Å²) in [5.74, 6) is 0.428. The average molecular weight is 241 g/mol. The molecule has 0 saturated heterocycles. The second kappa shape index (κ2) is 6.70. The lowest BCUT2D eigenvalue weighted by atomic mass is 9.99. The third-order valence-electron chi connectivity index (χ3n) is 2.83. The summed E-state index contributed by atoms with van der Waals surface area (Å²) in [5.41, 5.74) is 1.84. The molecule has 0 bridgehead atoms. The lowest BCUT2D eigenvalue weighted by molar-refractivity contribution is 0.0985. The van der Waals surface area contributed by atoms with E-state index in [2.05, 4.69) is 19.2 Å². The predicted molar refractivity (Wildman–Crippen MR) is 67.6 cm³/mol.